The number of nitrogens with zero attached hydrogens (tertiary/aromatic N) is 3. The lowest BCUT2D eigenvalue weighted by molar-refractivity contribution is -0.157. The third-order valence-electron chi connectivity index (χ3n) is 4.24. The zero-order valence-corrected chi connectivity index (χ0v) is 14.6. The Morgan fingerprint density at radius 2 is 1.67 bits per heavy atom. The quantitative estimate of drug-likeness (QED) is 0.734. The van der Waals surface area contributed by atoms with Crippen LogP contribution in [0.2, 0.25) is 0 Å². The van der Waals surface area contributed by atoms with Crippen LogP contribution in [0, 0.1) is 0 Å². The van der Waals surface area contributed by atoms with Gasteiger partial charge in [-0.25, -0.2) is 0 Å². The van der Waals surface area contributed by atoms with Crippen molar-refractivity contribution in [2.24, 2.45) is 0 Å². The molecule has 0 radical (unpaired) electrons. The van der Waals surface area contributed by atoms with Gasteiger partial charge in [-0.3, -0.25) is 14.4 Å². The van der Waals surface area contributed by atoms with Gasteiger partial charge in [0.15, 0.2) is 0 Å². The predicted molar refractivity (Wildman–Crippen MR) is 91.0 cm³/mol. The monoisotopic (exact) mass is 331 g/mol. The molecule has 6 heteroatoms. The molecule has 1 aliphatic heterocycles. The summed E-state index contributed by atoms with van der Waals surface area (Å²) in [6, 6.07) is 9.76. The number of carbonyl (C=O) groups is 3. The van der Waals surface area contributed by atoms with Crippen molar-refractivity contribution in [2.75, 3.05) is 26.2 Å². The number of carbonyl (C=O) groups excluding carboxylic acids is 3. The number of hydrogen-bond donors (Lipinski definition) is 0. The minimum absolute atomic E-state index is 0.0143. The Bertz CT molecular complexity index is 601. The minimum atomic E-state index is -0.583. The Hall–Kier alpha value is -2.37. The zero-order chi connectivity index (χ0) is 17.7. The third kappa shape index (κ3) is 4.13. The summed E-state index contributed by atoms with van der Waals surface area (Å²) in [5.41, 5.74) is 1.04. The van der Waals surface area contributed by atoms with E-state index < -0.39 is 11.8 Å². The largest absolute Gasteiger partial charge is 0.334 e. The maximum absolute atomic E-state index is 12.7. The lowest BCUT2D eigenvalue weighted by Gasteiger charge is -2.35. The first kappa shape index (κ1) is 18.0. The van der Waals surface area contributed by atoms with E-state index in [0.29, 0.717) is 26.2 Å². The SMILES string of the molecule is CCN1CCN(CC(=O)N(Cc2ccccc2)C(C)C)C(=O)C1=O. The van der Waals surface area contributed by atoms with Crippen LogP contribution in [0.15, 0.2) is 30.3 Å². The molecule has 0 spiro atoms. The van der Waals surface area contributed by atoms with Crippen LogP contribution in [0.3, 0.4) is 0 Å². The van der Waals surface area contributed by atoms with E-state index in [-0.39, 0.29) is 18.5 Å². The second kappa shape index (κ2) is 7.95. The fraction of sp³-hybridized carbons (Fsp3) is 0.500. The molecule has 24 heavy (non-hydrogen) atoms. The number of amides is 3. The molecule has 1 aromatic carbocycles. The molecule has 0 bridgehead atoms. The average Bonchev–Trinajstić information content (AvgIpc) is 2.57. The van der Waals surface area contributed by atoms with Gasteiger partial charge in [0.1, 0.15) is 6.54 Å². The molecule has 0 N–H and O–H groups in total. The highest BCUT2D eigenvalue weighted by Crippen LogP contribution is 2.11. The second-order valence-corrected chi connectivity index (χ2v) is 6.21. The molecule has 1 aromatic rings. The standard InChI is InChI=1S/C18H25N3O3/c1-4-19-10-11-20(18(24)17(19)23)13-16(22)21(14(2)3)12-15-8-6-5-7-9-15/h5-9,14H,4,10-13H2,1-3H3. The van der Waals surface area contributed by atoms with Gasteiger partial charge in [-0.1, -0.05) is 30.3 Å². The lowest BCUT2D eigenvalue weighted by atomic mass is 10.2. The highest BCUT2D eigenvalue weighted by molar-refractivity contribution is 6.35. The van der Waals surface area contributed by atoms with Crippen LogP contribution in [0.25, 0.3) is 0 Å². The Morgan fingerprint density at radius 3 is 2.25 bits per heavy atom. The number of hydrogen-bond acceptors (Lipinski definition) is 3. The van der Waals surface area contributed by atoms with Gasteiger partial charge in [0, 0.05) is 32.2 Å². The van der Waals surface area contributed by atoms with E-state index in [9.17, 15) is 14.4 Å². The molecule has 0 unspecified atom stereocenters. The fourth-order valence-corrected chi connectivity index (χ4v) is 2.76. The van der Waals surface area contributed by atoms with E-state index in [1.165, 1.54) is 9.80 Å². The molecule has 130 valence electrons. The van der Waals surface area contributed by atoms with Crippen molar-refractivity contribution >= 4 is 17.7 Å². The van der Waals surface area contributed by atoms with Gasteiger partial charge >= 0.3 is 11.8 Å². The average molecular weight is 331 g/mol. The molecule has 0 atom stereocenters. The highest BCUT2D eigenvalue weighted by Gasteiger charge is 2.33. The molecule has 1 saturated heterocycles. The first-order valence-electron chi connectivity index (χ1n) is 8.35. The molecule has 1 heterocycles. The Morgan fingerprint density at radius 1 is 1.08 bits per heavy atom. The van der Waals surface area contributed by atoms with Crippen LogP contribution >= 0.6 is 0 Å². The first-order valence-corrected chi connectivity index (χ1v) is 8.35. The van der Waals surface area contributed by atoms with E-state index in [1.807, 2.05) is 51.1 Å². The number of likely N-dealkylation sites (N-methyl/N-ethyl adjacent to an activating group) is 1. The van der Waals surface area contributed by atoms with Gasteiger partial charge in [-0.2, -0.15) is 0 Å². The molecule has 1 fully saturated rings. The van der Waals surface area contributed by atoms with Crippen molar-refractivity contribution in [3.05, 3.63) is 35.9 Å². The summed E-state index contributed by atoms with van der Waals surface area (Å²) in [5.74, 6) is -1.24. The van der Waals surface area contributed by atoms with E-state index in [4.69, 9.17) is 0 Å². The smallest absolute Gasteiger partial charge is 0.312 e. The van der Waals surface area contributed by atoms with Gasteiger partial charge in [-0.15, -0.1) is 0 Å². The molecule has 3 amide bonds. The number of rotatable bonds is 6. The van der Waals surface area contributed by atoms with Crippen molar-refractivity contribution < 1.29 is 14.4 Å². The van der Waals surface area contributed by atoms with Gasteiger partial charge in [0.2, 0.25) is 5.91 Å². The maximum Gasteiger partial charge on any atom is 0.312 e. The highest BCUT2D eigenvalue weighted by atomic mass is 16.2. The van der Waals surface area contributed by atoms with Crippen LogP contribution in [-0.4, -0.2) is 64.6 Å². The molecular weight excluding hydrogens is 306 g/mol. The Balaban J connectivity index is 2.03. The predicted octanol–water partition coefficient (Wildman–Crippen LogP) is 1.11. The Labute approximate surface area is 143 Å². The van der Waals surface area contributed by atoms with Crippen molar-refractivity contribution in [1.82, 2.24) is 14.7 Å². The summed E-state index contributed by atoms with van der Waals surface area (Å²) in [4.78, 5) is 41.4. The topological polar surface area (TPSA) is 60.9 Å². The van der Waals surface area contributed by atoms with Crippen molar-refractivity contribution in [3.63, 3.8) is 0 Å². The van der Waals surface area contributed by atoms with Gasteiger partial charge in [0.25, 0.3) is 0 Å². The van der Waals surface area contributed by atoms with E-state index in [1.54, 1.807) is 4.90 Å². The molecule has 2 rings (SSSR count). The van der Waals surface area contributed by atoms with Crippen LogP contribution in [0.4, 0.5) is 0 Å². The maximum atomic E-state index is 12.7. The van der Waals surface area contributed by atoms with E-state index in [2.05, 4.69) is 0 Å². The zero-order valence-electron chi connectivity index (χ0n) is 14.6. The van der Waals surface area contributed by atoms with Crippen molar-refractivity contribution in [3.8, 4) is 0 Å². The normalized spacial score (nSPS) is 15.2. The van der Waals surface area contributed by atoms with E-state index >= 15 is 0 Å². The van der Waals surface area contributed by atoms with Crippen LogP contribution in [-0.2, 0) is 20.9 Å². The number of piperazine rings is 1. The fourth-order valence-electron chi connectivity index (χ4n) is 2.76. The summed E-state index contributed by atoms with van der Waals surface area (Å²) in [5, 5.41) is 0. The van der Waals surface area contributed by atoms with Crippen LogP contribution in [0.5, 0.6) is 0 Å². The third-order valence-corrected chi connectivity index (χ3v) is 4.24. The molecule has 0 aromatic heterocycles. The minimum Gasteiger partial charge on any atom is -0.334 e. The summed E-state index contributed by atoms with van der Waals surface area (Å²) < 4.78 is 0. The molecule has 0 saturated carbocycles. The summed E-state index contributed by atoms with van der Waals surface area (Å²) in [7, 11) is 0. The van der Waals surface area contributed by atoms with Crippen LogP contribution < -0.4 is 0 Å². The number of benzene rings is 1. The second-order valence-electron chi connectivity index (χ2n) is 6.21. The summed E-state index contributed by atoms with van der Waals surface area (Å²) in [6.45, 7) is 7.58. The first-order chi connectivity index (χ1) is 11.4. The lowest BCUT2D eigenvalue weighted by Crippen LogP contribution is -2.56. The summed E-state index contributed by atoms with van der Waals surface area (Å²) >= 11 is 0. The molecule has 1 aliphatic rings. The summed E-state index contributed by atoms with van der Waals surface area (Å²) in [6.07, 6.45) is 0. The molecule has 6 nitrogen and oxygen atoms in total. The van der Waals surface area contributed by atoms with Crippen molar-refractivity contribution in [2.45, 2.75) is 33.4 Å². The van der Waals surface area contributed by atoms with Crippen LogP contribution in [0.1, 0.15) is 26.3 Å². The van der Waals surface area contributed by atoms with Gasteiger partial charge in [-0.05, 0) is 26.3 Å². The molecular formula is C18H25N3O3. The van der Waals surface area contributed by atoms with Gasteiger partial charge < -0.3 is 14.7 Å². The van der Waals surface area contributed by atoms with Crippen molar-refractivity contribution in [1.29, 1.82) is 0 Å². The molecule has 0 aliphatic carbocycles. The van der Waals surface area contributed by atoms with E-state index in [0.717, 1.165) is 5.56 Å². The van der Waals surface area contributed by atoms with Gasteiger partial charge in [0.05, 0.1) is 0 Å². The Kier molecular flexibility index (Phi) is 5.95.